The van der Waals surface area contributed by atoms with Crippen molar-refractivity contribution in [3.05, 3.63) is 0 Å². The molecule has 0 aromatic carbocycles. The maximum absolute atomic E-state index is 11.6. The molecule has 1 rings (SSSR count). The predicted octanol–water partition coefficient (Wildman–Crippen LogP) is 2.54. The molecule has 1 saturated carbocycles. The highest BCUT2D eigenvalue weighted by atomic mass is 16.2. The van der Waals surface area contributed by atoms with Crippen molar-refractivity contribution in [1.82, 2.24) is 0 Å². The first-order chi connectivity index (χ1) is 6.74. The van der Waals surface area contributed by atoms with Crippen molar-refractivity contribution in [3.8, 4) is 0 Å². The van der Waals surface area contributed by atoms with Gasteiger partial charge >= 0.3 is 0 Å². The highest BCUT2D eigenvalue weighted by Crippen LogP contribution is 2.29. The van der Waals surface area contributed by atoms with Gasteiger partial charge in [-0.3, -0.25) is 4.79 Å². The fourth-order valence-corrected chi connectivity index (χ4v) is 2.29. The summed E-state index contributed by atoms with van der Waals surface area (Å²) < 4.78 is 0. The Morgan fingerprint density at radius 1 is 1.36 bits per heavy atom. The highest BCUT2D eigenvalue weighted by Gasteiger charge is 2.25. The van der Waals surface area contributed by atoms with Crippen LogP contribution in [0.2, 0.25) is 0 Å². The van der Waals surface area contributed by atoms with E-state index < -0.39 is 0 Å². The topological polar surface area (TPSA) is 37.3 Å². The Bertz CT molecular complexity index is 177. The fraction of sp³-hybridized carbons (Fsp3) is 0.917. The van der Waals surface area contributed by atoms with Crippen molar-refractivity contribution in [3.63, 3.8) is 0 Å². The van der Waals surface area contributed by atoms with E-state index >= 15 is 0 Å². The number of unbranched alkanes of at least 4 members (excludes halogenated alkanes) is 2. The fourth-order valence-electron chi connectivity index (χ4n) is 2.29. The van der Waals surface area contributed by atoms with Gasteiger partial charge in [0.1, 0.15) is 5.78 Å². The van der Waals surface area contributed by atoms with E-state index in [9.17, 15) is 4.79 Å². The molecular weight excluding hydrogens is 176 g/mol. The lowest BCUT2D eigenvalue weighted by atomic mass is 9.79. The van der Waals surface area contributed by atoms with Gasteiger partial charge in [-0.1, -0.05) is 19.8 Å². The molecule has 0 amide bonds. The molecule has 1 fully saturated rings. The lowest BCUT2D eigenvalue weighted by molar-refractivity contribution is -0.125. The van der Waals surface area contributed by atoms with E-state index in [4.69, 9.17) is 5.11 Å². The SMILES string of the molecule is CC1CCC(=O)C(CCCCCO)C1. The molecular formula is C12H22O2. The van der Waals surface area contributed by atoms with E-state index in [-0.39, 0.29) is 6.61 Å². The Balaban J connectivity index is 2.17. The van der Waals surface area contributed by atoms with Crippen LogP contribution >= 0.6 is 0 Å². The molecule has 0 spiro atoms. The van der Waals surface area contributed by atoms with Crippen LogP contribution in [-0.4, -0.2) is 17.5 Å². The molecule has 14 heavy (non-hydrogen) atoms. The zero-order chi connectivity index (χ0) is 10.4. The molecule has 0 saturated heterocycles. The molecule has 1 N–H and O–H groups in total. The number of Topliss-reactive ketones (excluding diaryl/α,β-unsaturated/α-hetero) is 1. The average Bonchev–Trinajstić information content (AvgIpc) is 2.18. The molecule has 2 heteroatoms. The van der Waals surface area contributed by atoms with Crippen LogP contribution in [0.25, 0.3) is 0 Å². The quantitative estimate of drug-likeness (QED) is 0.689. The summed E-state index contributed by atoms with van der Waals surface area (Å²) >= 11 is 0. The summed E-state index contributed by atoms with van der Waals surface area (Å²) in [7, 11) is 0. The van der Waals surface area contributed by atoms with Crippen LogP contribution in [0.5, 0.6) is 0 Å². The summed E-state index contributed by atoms with van der Waals surface area (Å²) in [6, 6.07) is 0. The number of aliphatic hydroxyl groups excluding tert-OH is 1. The van der Waals surface area contributed by atoms with Crippen LogP contribution in [-0.2, 0) is 4.79 Å². The second kappa shape index (κ2) is 6.18. The van der Waals surface area contributed by atoms with Gasteiger partial charge in [0.25, 0.3) is 0 Å². The standard InChI is InChI=1S/C12H22O2/c1-10-6-7-12(14)11(9-10)5-3-2-4-8-13/h10-11,13H,2-9H2,1H3. The molecule has 1 aliphatic rings. The van der Waals surface area contributed by atoms with Gasteiger partial charge in [0.2, 0.25) is 0 Å². The molecule has 82 valence electrons. The Labute approximate surface area is 86.7 Å². The van der Waals surface area contributed by atoms with Crippen LogP contribution in [0.4, 0.5) is 0 Å². The van der Waals surface area contributed by atoms with Gasteiger partial charge in [0, 0.05) is 18.9 Å². The van der Waals surface area contributed by atoms with E-state index in [0.717, 1.165) is 50.9 Å². The smallest absolute Gasteiger partial charge is 0.135 e. The van der Waals surface area contributed by atoms with Crippen molar-refractivity contribution < 1.29 is 9.90 Å². The van der Waals surface area contributed by atoms with Crippen molar-refractivity contribution in [2.24, 2.45) is 11.8 Å². The largest absolute Gasteiger partial charge is 0.396 e. The second-order valence-corrected chi connectivity index (χ2v) is 4.62. The maximum Gasteiger partial charge on any atom is 0.135 e. The van der Waals surface area contributed by atoms with E-state index in [2.05, 4.69) is 6.92 Å². The number of ketones is 1. The molecule has 0 bridgehead atoms. The van der Waals surface area contributed by atoms with Gasteiger partial charge < -0.3 is 5.11 Å². The van der Waals surface area contributed by atoms with Gasteiger partial charge in [-0.2, -0.15) is 0 Å². The molecule has 2 atom stereocenters. The van der Waals surface area contributed by atoms with Crippen LogP contribution in [0, 0.1) is 11.8 Å². The van der Waals surface area contributed by atoms with Crippen LogP contribution in [0.3, 0.4) is 0 Å². The summed E-state index contributed by atoms with van der Waals surface area (Å²) in [6.45, 7) is 2.53. The first-order valence-electron chi connectivity index (χ1n) is 5.87. The molecule has 0 aromatic heterocycles. The molecule has 0 aromatic rings. The van der Waals surface area contributed by atoms with Crippen LogP contribution in [0.1, 0.15) is 51.9 Å². The summed E-state index contributed by atoms with van der Waals surface area (Å²) in [5.74, 6) is 1.54. The first kappa shape index (κ1) is 11.7. The first-order valence-corrected chi connectivity index (χ1v) is 5.87. The van der Waals surface area contributed by atoms with E-state index in [1.54, 1.807) is 0 Å². The third kappa shape index (κ3) is 3.79. The number of hydrogen-bond acceptors (Lipinski definition) is 2. The summed E-state index contributed by atoms with van der Waals surface area (Å²) in [5, 5.41) is 8.63. The zero-order valence-corrected chi connectivity index (χ0v) is 9.17. The summed E-state index contributed by atoms with van der Waals surface area (Å²) in [4.78, 5) is 11.6. The van der Waals surface area contributed by atoms with E-state index in [0.29, 0.717) is 11.7 Å². The summed E-state index contributed by atoms with van der Waals surface area (Å²) in [5.41, 5.74) is 0. The van der Waals surface area contributed by atoms with E-state index in [1.165, 1.54) is 0 Å². The molecule has 0 radical (unpaired) electrons. The van der Waals surface area contributed by atoms with Crippen LogP contribution < -0.4 is 0 Å². The predicted molar refractivity (Wildman–Crippen MR) is 57.1 cm³/mol. The number of rotatable bonds is 5. The van der Waals surface area contributed by atoms with Gasteiger partial charge in [0.15, 0.2) is 0 Å². The number of carbonyl (C=O) groups is 1. The second-order valence-electron chi connectivity index (χ2n) is 4.62. The van der Waals surface area contributed by atoms with Crippen molar-refractivity contribution >= 4 is 5.78 Å². The third-order valence-corrected chi connectivity index (χ3v) is 3.24. The normalized spacial score (nSPS) is 28.0. The Morgan fingerprint density at radius 3 is 2.86 bits per heavy atom. The lowest BCUT2D eigenvalue weighted by Crippen LogP contribution is -2.23. The molecule has 2 unspecified atom stereocenters. The third-order valence-electron chi connectivity index (χ3n) is 3.24. The molecule has 2 nitrogen and oxygen atoms in total. The van der Waals surface area contributed by atoms with Crippen molar-refractivity contribution in [2.45, 2.75) is 51.9 Å². The van der Waals surface area contributed by atoms with E-state index in [1.807, 2.05) is 0 Å². The van der Waals surface area contributed by atoms with Gasteiger partial charge in [-0.15, -0.1) is 0 Å². The van der Waals surface area contributed by atoms with Gasteiger partial charge in [0.05, 0.1) is 0 Å². The minimum absolute atomic E-state index is 0.287. The van der Waals surface area contributed by atoms with Crippen LogP contribution in [0.15, 0.2) is 0 Å². The Hall–Kier alpha value is -0.370. The Kier molecular flexibility index (Phi) is 5.16. The number of hydrogen-bond donors (Lipinski definition) is 1. The zero-order valence-electron chi connectivity index (χ0n) is 9.17. The maximum atomic E-state index is 11.6. The lowest BCUT2D eigenvalue weighted by Gasteiger charge is -2.25. The number of carbonyl (C=O) groups excluding carboxylic acids is 1. The summed E-state index contributed by atoms with van der Waals surface area (Å²) in [6.07, 6.45) is 7.08. The number of aliphatic hydroxyl groups is 1. The molecule has 0 heterocycles. The van der Waals surface area contributed by atoms with Crippen molar-refractivity contribution in [1.29, 1.82) is 0 Å². The molecule has 0 aliphatic heterocycles. The monoisotopic (exact) mass is 198 g/mol. The minimum atomic E-state index is 0.287. The highest BCUT2D eigenvalue weighted by molar-refractivity contribution is 5.81. The van der Waals surface area contributed by atoms with Gasteiger partial charge in [-0.25, -0.2) is 0 Å². The average molecular weight is 198 g/mol. The van der Waals surface area contributed by atoms with Crippen molar-refractivity contribution in [2.75, 3.05) is 6.61 Å². The van der Waals surface area contributed by atoms with Gasteiger partial charge in [-0.05, 0) is 31.6 Å². The molecule has 1 aliphatic carbocycles. The Morgan fingerprint density at radius 2 is 2.14 bits per heavy atom. The minimum Gasteiger partial charge on any atom is -0.396 e.